The topological polar surface area (TPSA) is 58.6 Å². The minimum atomic E-state index is -0.170. The zero-order chi connectivity index (χ0) is 17.8. The Morgan fingerprint density at radius 1 is 1.12 bits per heavy atom. The number of para-hydroxylation sites is 1. The predicted octanol–water partition coefficient (Wildman–Crippen LogP) is 2.65. The molecule has 0 spiro atoms. The Hall–Kier alpha value is -2.66. The van der Waals surface area contributed by atoms with Gasteiger partial charge in [0.05, 0.1) is 6.61 Å². The van der Waals surface area contributed by atoms with E-state index in [4.69, 9.17) is 4.74 Å². The van der Waals surface area contributed by atoms with E-state index in [9.17, 15) is 9.59 Å². The number of carbonyl (C=O) groups excluding carboxylic acids is 2. The molecule has 0 fully saturated rings. The Kier molecular flexibility index (Phi) is 5.14. The molecule has 5 nitrogen and oxygen atoms in total. The number of rotatable bonds is 5. The number of fused-ring (bicyclic) bond motifs is 1. The molecule has 1 aliphatic heterocycles. The van der Waals surface area contributed by atoms with Crippen LogP contribution in [0.5, 0.6) is 0 Å². The van der Waals surface area contributed by atoms with Gasteiger partial charge >= 0.3 is 0 Å². The summed E-state index contributed by atoms with van der Waals surface area (Å²) in [5, 5.41) is 2.76. The Morgan fingerprint density at radius 3 is 2.52 bits per heavy atom. The highest BCUT2D eigenvalue weighted by atomic mass is 16.5. The third kappa shape index (κ3) is 3.56. The molecule has 0 saturated heterocycles. The summed E-state index contributed by atoms with van der Waals surface area (Å²) in [6, 6.07) is 14.9. The monoisotopic (exact) mass is 338 g/mol. The minimum Gasteiger partial charge on any atom is -0.383 e. The van der Waals surface area contributed by atoms with Gasteiger partial charge in [-0.15, -0.1) is 0 Å². The highest BCUT2D eigenvalue weighted by Crippen LogP contribution is 2.33. The number of hydrogen-bond acceptors (Lipinski definition) is 3. The summed E-state index contributed by atoms with van der Waals surface area (Å²) in [7, 11) is 1.59. The molecule has 3 rings (SSSR count). The lowest BCUT2D eigenvalue weighted by Crippen LogP contribution is -2.35. The van der Waals surface area contributed by atoms with Crippen molar-refractivity contribution in [1.82, 2.24) is 5.32 Å². The summed E-state index contributed by atoms with van der Waals surface area (Å²) in [5.41, 5.74) is 3.28. The highest BCUT2D eigenvalue weighted by Gasteiger charge is 2.31. The molecule has 0 saturated carbocycles. The van der Waals surface area contributed by atoms with Crippen molar-refractivity contribution in [3.63, 3.8) is 0 Å². The van der Waals surface area contributed by atoms with Crippen LogP contribution in [0.4, 0.5) is 5.69 Å². The normalized spacial score (nSPS) is 15.8. The molecular formula is C20H22N2O3. The molecule has 2 aromatic carbocycles. The number of carbonyl (C=O) groups is 2. The summed E-state index contributed by atoms with van der Waals surface area (Å²) in [6.07, 6.45) is 0.863. The zero-order valence-electron chi connectivity index (χ0n) is 14.5. The van der Waals surface area contributed by atoms with Gasteiger partial charge in [-0.2, -0.15) is 0 Å². The number of ether oxygens (including phenoxy) is 1. The van der Waals surface area contributed by atoms with Crippen molar-refractivity contribution in [3.8, 4) is 0 Å². The molecule has 25 heavy (non-hydrogen) atoms. The van der Waals surface area contributed by atoms with Gasteiger partial charge in [0.1, 0.15) is 0 Å². The molecule has 0 aromatic heterocycles. The lowest BCUT2D eigenvalue weighted by molar-refractivity contribution is 0.0934. The molecule has 1 heterocycles. The molecule has 1 aliphatic rings. The second kappa shape index (κ2) is 7.49. The maximum Gasteiger partial charge on any atom is 0.258 e. The van der Waals surface area contributed by atoms with Gasteiger partial charge in [-0.1, -0.05) is 18.2 Å². The van der Waals surface area contributed by atoms with Crippen LogP contribution in [-0.2, 0) is 11.2 Å². The molecule has 2 aromatic rings. The van der Waals surface area contributed by atoms with Gasteiger partial charge in [-0.3, -0.25) is 9.59 Å². The van der Waals surface area contributed by atoms with Gasteiger partial charge < -0.3 is 15.0 Å². The van der Waals surface area contributed by atoms with Crippen LogP contribution in [-0.4, -0.2) is 38.1 Å². The number of benzene rings is 2. The van der Waals surface area contributed by atoms with Gasteiger partial charge in [0, 0.05) is 36.5 Å². The van der Waals surface area contributed by atoms with Crippen molar-refractivity contribution < 1.29 is 14.3 Å². The first kappa shape index (κ1) is 17.2. The molecule has 2 amide bonds. The van der Waals surface area contributed by atoms with Crippen LogP contribution in [0.2, 0.25) is 0 Å². The smallest absolute Gasteiger partial charge is 0.258 e. The van der Waals surface area contributed by atoms with Crippen LogP contribution in [0, 0.1) is 0 Å². The van der Waals surface area contributed by atoms with E-state index in [1.165, 1.54) is 5.56 Å². The lowest BCUT2D eigenvalue weighted by atomic mass is 10.1. The standard InChI is InChI=1S/C20H22N2O3/c1-14-13-17-5-3-4-6-18(17)22(14)20(24)16-9-7-15(8-10-16)19(23)21-11-12-25-2/h3-10,14H,11-13H2,1-2H3,(H,21,23). The van der Waals surface area contributed by atoms with Crippen molar-refractivity contribution in [1.29, 1.82) is 0 Å². The van der Waals surface area contributed by atoms with Crippen molar-refractivity contribution in [3.05, 3.63) is 65.2 Å². The fraction of sp³-hybridized carbons (Fsp3) is 0.300. The average Bonchev–Trinajstić information content (AvgIpc) is 2.97. The second-order valence-corrected chi connectivity index (χ2v) is 6.18. The number of hydrogen-bond donors (Lipinski definition) is 1. The molecule has 0 aliphatic carbocycles. The van der Waals surface area contributed by atoms with E-state index in [2.05, 4.69) is 18.3 Å². The summed E-state index contributed by atoms with van der Waals surface area (Å²) in [6.45, 7) is 2.97. The van der Waals surface area contributed by atoms with E-state index in [1.807, 2.05) is 23.1 Å². The summed E-state index contributed by atoms with van der Waals surface area (Å²) in [5.74, 6) is -0.209. The Balaban J connectivity index is 1.74. The Labute approximate surface area is 147 Å². The van der Waals surface area contributed by atoms with Crippen LogP contribution >= 0.6 is 0 Å². The van der Waals surface area contributed by atoms with Crippen LogP contribution in [0.25, 0.3) is 0 Å². The molecule has 1 atom stereocenters. The third-order valence-electron chi connectivity index (χ3n) is 4.41. The van der Waals surface area contributed by atoms with Gasteiger partial charge in [0.2, 0.25) is 0 Å². The lowest BCUT2D eigenvalue weighted by Gasteiger charge is -2.23. The van der Waals surface area contributed by atoms with Crippen LogP contribution in [0.3, 0.4) is 0 Å². The largest absolute Gasteiger partial charge is 0.383 e. The molecule has 1 unspecified atom stereocenters. The Bertz CT molecular complexity index is 771. The second-order valence-electron chi connectivity index (χ2n) is 6.18. The molecular weight excluding hydrogens is 316 g/mol. The number of amides is 2. The third-order valence-corrected chi connectivity index (χ3v) is 4.41. The van der Waals surface area contributed by atoms with Crippen molar-refractivity contribution in [2.24, 2.45) is 0 Å². The fourth-order valence-electron chi connectivity index (χ4n) is 3.15. The summed E-state index contributed by atoms with van der Waals surface area (Å²) < 4.78 is 4.91. The van der Waals surface area contributed by atoms with Crippen molar-refractivity contribution in [2.75, 3.05) is 25.2 Å². The molecule has 5 heteroatoms. The van der Waals surface area contributed by atoms with Crippen LogP contribution in [0.15, 0.2) is 48.5 Å². The van der Waals surface area contributed by atoms with E-state index >= 15 is 0 Å². The molecule has 1 N–H and O–H groups in total. The van der Waals surface area contributed by atoms with Gasteiger partial charge in [-0.25, -0.2) is 0 Å². The first-order valence-corrected chi connectivity index (χ1v) is 8.40. The van der Waals surface area contributed by atoms with E-state index in [0.717, 1.165) is 12.1 Å². The van der Waals surface area contributed by atoms with Crippen LogP contribution < -0.4 is 10.2 Å². The highest BCUT2D eigenvalue weighted by molar-refractivity contribution is 6.08. The number of nitrogens with one attached hydrogen (secondary N) is 1. The maximum atomic E-state index is 12.9. The van der Waals surface area contributed by atoms with Gasteiger partial charge in [-0.05, 0) is 49.2 Å². The summed E-state index contributed by atoms with van der Waals surface area (Å²) in [4.78, 5) is 26.8. The predicted molar refractivity (Wildman–Crippen MR) is 97.1 cm³/mol. The van der Waals surface area contributed by atoms with E-state index < -0.39 is 0 Å². The summed E-state index contributed by atoms with van der Waals surface area (Å²) >= 11 is 0. The van der Waals surface area contributed by atoms with E-state index in [1.54, 1.807) is 31.4 Å². The molecule has 130 valence electrons. The van der Waals surface area contributed by atoms with Gasteiger partial charge in [0.25, 0.3) is 11.8 Å². The Morgan fingerprint density at radius 2 is 1.80 bits per heavy atom. The van der Waals surface area contributed by atoms with Crippen molar-refractivity contribution >= 4 is 17.5 Å². The van der Waals surface area contributed by atoms with Crippen molar-refractivity contribution in [2.45, 2.75) is 19.4 Å². The average molecular weight is 338 g/mol. The zero-order valence-corrected chi connectivity index (χ0v) is 14.5. The number of nitrogens with zero attached hydrogens (tertiary/aromatic N) is 1. The quantitative estimate of drug-likeness (QED) is 0.853. The van der Waals surface area contributed by atoms with Gasteiger partial charge in [0.15, 0.2) is 0 Å². The first-order chi connectivity index (χ1) is 12.1. The minimum absolute atomic E-state index is 0.0382. The number of methoxy groups -OCH3 is 1. The van der Waals surface area contributed by atoms with E-state index in [0.29, 0.717) is 24.3 Å². The number of anilines is 1. The fourth-order valence-corrected chi connectivity index (χ4v) is 3.15. The molecule has 0 radical (unpaired) electrons. The van der Waals surface area contributed by atoms with E-state index in [-0.39, 0.29) is 17.9 Å². The molecule has 0 bridgehead atoms. The SMILES string of the molecule is COCCNC(=O)c1ccc(C(=O)N2c3ccccc3CC2C)cc1. The maximum absolute atomic E-state index is 12.9. The first-order valence-electron chi connectivity index (χ1n) is 8.40. The van der Waals surface area contributed by atoms with Crippen LogP contribution in [0.1, 0.15) is 33.2 Å².